The van der Waals surface area contributed by atoms with Gasteiger partial charge in [0.25, 0.3) is 0 Å². The van der Waals surface area contributed by atoms with E-state index in [1.54, 1.807) is 4.90 Å². The summed E-state index contributed by atoms with van der Waals surface area (Å²) in [6.45, 7) is 8.59. The molecule has 8 heteroatoms. The predicted octanol–water partition coefficient (Wildman–Crippen LogP) is 3.26. The maximum atomic E-state index is 12.4. The molecule has 0 saturated carbocycles. The minimum Gasteiger partial charge on any atom is -0.444 e. The summed E-state index contributed by atoms with van der Waals surface area (Å²) in [6, 6.07) is 7.39. The Labute approximate surface area is 160 Å². The molecule has 1 aliphatic rings. The number of rotatable bonds is 2. The van der Waals surface area contributed by atoms with Gasteiger partial charge in [-0.15, -0.1) is 0 Å². The third kappa shape index (κ3) is 4.10. The quantitative estimate of drug-likeness (QED) is 0.782. The van der Waals surface area contributed by atoms with E-state index in [0.717, 1.165) is 5.52 Å². The fraction of sp³-hybridized carbons (Fsp3) is 0.579. The van der Waals surface area contributed by atoms with Gasteiger partial charge in [0, 0.05) is 25.4 Å². The number of aromatic nitrogens is 2. The lowest BCUT2D eigenvalue weighted by molar-refractivity contribution is 0.0122. The minimum atomic E-state index is -3.48. The summed E-state index contributed by atoms with van der Waals surface area (Å²) in [5.41, 5.74) is 0.932. The van der Waals surface area contributed by atoms with Crippen LogP contribution in [0.2, 0.25) is 0 Å². The summed E-state index contributed by atoms with van der Waals surface area (Å²) in [5, 5.41) is 0.0891. The monoisotopic (exact) mass is 393 g/mol. The highest BCUT2D eigenvalue weighted by Gasteiger charge is 2.35. The summed E-state index contributed by atoms with van der Waals surface area (Å²) in [6.07, 6.45) is 1.50. The van der Waals surface area contributed by atoms with Crippen molar-refractivity contribution < 1.29 is 17.9 Å². The van der Waals surface area contributed by atoms with E-state index >= 15 is 0 Å². The number of ether oxygens (including phenoxy) is 1. The van der Waals surface area contributed by atoms with Crippen molar-refractivity contribution in [3.8, 4) is 0 Å². The largest absolute Gasteiger partial charge is 0.444 e. The highest BCUT2D eigenvalue weighted by atomic mass is 32.2. The first kappa shape index (κ1) is 19.7. The Kier molecular flexibility index (Phi) is 4.96. The molecule has 1 saturated heterocycles. The summed E-state index contributed by atoms with van der Waals surface area (Å²) in [5.74, 6) is 0.0596. The molecule has 0 spiro atoms. The topological polar surface area (TPSA) is 81.5 Å². The molecule has 0 bridgehead atoms. The first-order valence-electron chi connectivity index (χ1n) is 9.12. The lowest BCUT2D eigenvalue weighted by Gasteiger charge is -2.38. The third-order valence-electron chi connectivity index (χ3n) is 4.74. The van der Waals surface area contributed by atoms with Gasteiger partial charge in [0.1, 0.15) is 5.60 Å². The Balaban J connectivity index is 1.92. The van der Waals surface area contributed by atoms with Crippen LogP contribution in [-0.4, -0.2) is 53.9 Å². The zero-order chi connectivity index (χ0) is 20.0. The van der Waals surface area contributed by atoms with Crippen LogP contribution in [0.25, 0.3) is 11.0 Å². The van der Waals surface area contributed by atoms with E-state index in [0.29, 0.717) is 25.0 Å². The van der Waals surface area contributed by atoms with Crippen molar-refractivity contribution in [1.82, 2.24) is 14.5 Å². The molecule has 1 aromatic heterocycles. The van der Waals surface area contributed by atoms with Gasteiger partial charge in [-0.2, -0.15) is 0 Å². The number of imidazole rings is 1. The second-order valence-corrected chi connectivity index (χ2v) is 10.2. The van der Waals surface area contributed by atoms with Gasteiger partial charge in [0.2, 0.25) is 15.0 Å². The van der Waals surface area contributed by atoms with Crippen LogP contribution < -0.4 is 0 Å². The van der Waals surface area contributed by atoms with Crippen molar-refractivity contribution in [2.45, 2.75) is 50.9 Å². The third-order valence-corrected chi connectivity index (χ3v) is 5.69. The van der Waals surface area contributed by atoms with Crippen molar-refractivity contribution in [2.75, 3.05) is 19.3 Å². The van der Waals surface area contributed by atoms with Crippen molar-refractivity contribution in [3.05, 3.63) is 24.3 Å². The highest BCUT2D eigenvalue weighted by Crippen LogP contribution is 2.34. The minimum absolute atomic E-state index is 0.0548. The number of likely N-dealkylation sites (tertiary alicyclic amines) is 1. The average molecular weight is 394 g/mol. The fourth-order valence-electron chi connectivity index (χ4n) is 3.61. The van der Waals surface area contributed by atoms with Gasteiger partial charge < -0.3 is 14.2 Å². The fourth-order valence-corrected chi connectivity index (χ4v) is 4.47. The normalized spacial score (nSPS) is 21.4. The zero-order valence-electron chi connectivity index (χ0n) is 16.5. The van der Waals surface area contributed by atoms with Crippen LogP contribution in [0.15, 0.2) is 29.4 Å². The summed E-state index contributed by atoms with van der Waals surface area (Å²) >= 11 is 0. The molecular weight excluding hydrogens is 366 g/mol. The molecule has 27 heavy (non-hydrogen) atoms. The Morgan fingerprint density at radius 1 is 1.26 bits per heavy atom. The molecule has 2 atom stereocenters. The lowest BCUT2D eigenvalue weighted by atomic mass is 9.93. The van der Waals surface area contributed by atoms with Gasteiger partial charge in [-0.05, 0) is 45.2 Å². The van der Waals surface area contributed by atoms with E-state index in [-0.39, 0.29) is 23.2 Å². The molecule has 1 aromatic carbocycles. The molecule has 1 fully saturated rings. The van der Waals surface area contributed by atoms with Crippen LogP contribution in [0.4, 0.5) is 4.79 Å². The van der Waals surface area contributed by atoms with Gasteiger partial charge in [0.15, 0.2) is 0 Å². The lowest BCUT2D eigenvalue weighted by Crippen LogP contribution is -2.45. The van der Waals surface area contributed by atoms with Crippen LogP contribution in [0, 0.1) is 5.92 Å². The Morgan fingerprint density at radius 2 is 1.93 bits per heavy atom. The number of para-hydroxylation sites is 2. The average Bonchev–Trinajstić information content (AvgIpc) is 2.93. The maximum absolute atomic E-state index is 12.4. The van der Waals surface area contributed by atoms with Crippen molar-refractivity contribution in [1.29, 1.82) is 0 Å². The number of fused-ring (bicyclic) bond motifs is 1. The Bertz CT molecular complexity index is 959. The van der Waals surface area contributed by atoms with E-state index < -0.39 is 15.4 Å². The molecule has 0 N–H and O–H groups in total. The van der Waals surface area contributed by atoms with Crippen LogP contribution in [-0.2, 0) is 14.6 Å². The highest BCUT2D eigenvalue weighted by molar-refractivity contribution is 7.90. The number of benzene rings is 1. The smallest absolute Gasteiger partial charge is 0.410 e. The molecule has 1 aliphatic heterocycles. The summed E-state index contributed by atoms with van der Waals surface area (Å²) in [4.78, 5) is 18.4. The van der Waals surface area contributed by atoms with Crippen LogP contribution in [0.3, 0.4) is 0 Å². The second-order valence-electron chi connectivity index (χ2n) is 8.28. The molecule has 0 radical (unpaired) electrons. The van der Waals surface area contributed by atoms with Crippen molar-refractivity contribution >= 4 is 27.0 Å². The van der Waals surface area contributed by atoms with Gasteiger partial charge in [-0.25, -0.2) is 18.2 Å². The number of carbonyl (C=O) groups is 1. The van der Waals surface area contributed by atoms with Crippen LogP contribution >= 0.6 is 0 Å². The number of sulfone groups is 1. The standard InChI is InChI=1S/C19H27N3O4S/c1-13-12-21(18(23)26-19(2,3)4)11-10-15(13)22-16-9-7-6-8-14(16)20-17(22)27(5,24)25/h6-9,13,15H,10-12H2,1-5H3/t13-,15-/m0/s1. The first-order chi connectivity index (χ1) is 12.5. The molecule has 0 aliphatic carbocycles. The van der Waals surface area contributed by atoms with E-state index in [1.807, 2.05) is 56.5 Å². The van der Waals surface area contributed by atoms with Crippen molar-refractivity contribution in [3.63, 3.8) is 0 Å². The molecule has 2 aromatic rings. The number of piperidine rings is 1. The molecular formula is C19H27N3O4S. The van der Waals surface area contributed by atoms with Gasteiger partial charge >= 0.3 is 6.09 Å². The number of amides is 1. The van der Waals surface area contributed by atoms with Crippen molar-refractivity contribution in [2.24, 2.45) is 5.92 Å². The molecule has 2 heterocycles. The van der Waals surface area contributed by atoms with E-state index in [4.69, 9.17) is 4.74 Å². The summed E-state index contributed by atoms with van der Waals surface area (Å²) in [7, 11) is -3.48. The van der Waals surface area contributed by atoms with E-state index in [9.17, 15) is 13.2 Å². The van der Waals surface area contributed by atoms with Gasteiger partial charge in [0.05, 0.1) is 11.0 Å². The molecule has 3 rings (SSSR count). The zero-order valence-corrected chi connectivity index (χ0v) is 17.3. The first-order valence-corrected chi connectivity index (χ1v) is 11.0. The SMILES string of the molecule is C[C@H]1CN(C(=O)OC(C)(C)C)CC[C@@H]1n1c(S(C)(=O)=O)nc2ccccc21. The number of carbonyl (C=O) groups excluding carboxylic acids is 1. The Morgan fingerprint density at radius 3 is 2.52 bits per heavy atom. The number of hydrogen-bond donors (Lipinski definition) is 0. The maximum Gasteiger partial charge on any atom is 0.410 e. The molecule has 7 nitrogen and oxygen atoms in total. The predicted molar refractivity (Wildman–Crippen MR) is 103 cm³/mol. The summed E-state index contributed by atoms with van der Waals surface area (Å²) < 4.78 is 32.0. The second kappa shape index (κ2) is 6.82. The molecule has 0 unspecified atom stereocenters. The number of nitrogens with zero attached hydrogens (tertiary/aromatic N) is 3. The van der Waals surface area contributed by atoms with Gasteiger partial charge in [-0.3, -0.25) is 0 Å². The van der Waals surface area contributed by atoms with E-state index in [1.165, 1.54) is 6.26 Å². The van der Waals surface area contributed by atoms with E-state index in [2.05, 4.69) is 4.98 Å². The van der Waals surface area contributed by atoms with Gasteiger partial charge in [-0.1, -0.05) is 19.1 Å². The van der Waals surface area contributed by atoms with Crippen LogP contribution in [0.1, 0.15) is 40.2 Å². The molecule has 1 amide bonds. The molecule has 148 valence electrons. The number of hydrogen-bond acceptors (Lipinski definition) is 5. The Hall–Kier alpha value is -2.09. The van der Waals surface area contributed by atoms with Crippen LogP contribution in [0.5, 0.6) is 0 Å².